The highest BCUT2D eigenvalue weighted by Crippen LogP contribution is 2.40. The predicted molar refractivity (Wildman–Crippen MR) is 86.9 cm³/mol. The van der Waals surface area contributed by atoms with E-state index in [9.17, 15) is 4.39 Å². The quantitative estimate of drug-likeness (QED) is 0.600. The van der Waals surface area contributed by atoms with Crippen molar-refractivity contribution in [1.29, 1.82) is 0 Å². The van der Waals surface area contributed by atoms with Gasteiger partial charge in [-0.1, -0.05) is 23.2 Å². The average Bonchev–Trinajstić information content (AvgIpc) is 2.79. The Morgan fingerprint density at radius 1 is 1.41 bits per heavy atom. The number of halogens is 3. The van der Waals surface area contributed by atoms with Crippen molar-refractivity contribution in [2.75, 3.05) is 13.1 Å². The molecule has 0 radical (unpaired) electrons. The van der Waals surface area contributed by atoms with Gasteiger partial charge in [0, 0.05) is 24.2 Å². The highest BCUT2D eigenvalue weighted by molar-refractivity contribution is 6.42. The van der Waals surface area contributed by atoms with E-state index in [2.05, 4.69) is 25.7 Å². The van der Waals surface area contributed by atoms with Gasteiger partial charge in [0.15, 0.2) is 0 Å². The lowest BCUT2D eigenvalue weighted by Crippen LogP contribution is -2.46. The molecule has 0 aromatic heterocycles. The molecule has 2 rings (SSSR count). The number of benzene rings is 1. The summed E-state index contributed by atoms with van der Waals surface area (Å²) < 4.78 is 14.1. The van der Waals surface area contributed by atoms with Crippen LogP contribution in [0.1, 0.15) is 32.8 Å². The number of carbonyl (C=O) groups is 1. The Balaban J connectivity index is 0.000000745. The maximum absolute atomic E-state index is 14.1. The molecule has 3 N–H and O–H groups in total. The average molecular weight is 351 g/mol. The lowest BCUT2D eigenvalue weighted by molar-refractivity contribution is -0.122. The van der Waals surface area contributed by atoms with Crippen LogP contribution in [-0.4, -0.2) is 35.1 Å². The van der Waals surface area contributed by atoms with Crippen molar-refractivity contribution >= 4 is 29.7 Å². The van der Waals surface area contributed by atoms with Crippen molar-refractivity contribution in [3.05, 3.63) is 33.6 Å². The number of likely N-dealkylation sites (tertiary alicyclic amines) is 1. The van der Waals surface area contributed by atoms with Crippen LogP contribution >= 0.6 is 23.2 Å². The van der Waals surface area contributed by atoms with Gasteiger partial charge in [0.05, 0.1) is 15.6 Å². The number of hydrogen-bond donors (Lipinski definition) is 2. The van der Waals surface area contributed by atoms with E-state index in [4.69, 9.17) is 38.8 Å². The van der Waals surface area contributed by atoms with Crippen LogP contribution in [0.5, 0.6) is 0 Å². The Kier molecular flexibility index (Phi) is 6.21. The van der Waals surface area contributed by atoms with E-state index in [1.165, 1.54) is 12.1 Å². The standard InChI is InChI=1S/C14H19Cl2FN2.CH2O2/c1-13(2,3)19-7-6-14(18,8-19)11-10(17)5-4-9(15)12(11)16;2-1-3/h4-5H,6-8,18H2,1-3H3;1H,(H,2,3). The van der Waals surface area contributed by atoms with E-state index in [0.717, 1.165) is 6.54 Å². The zero-order valence-electron chi connectivity index (χ0n) is 12.9. The van der Waals surface area contributed by atoms with E-state index in [1.54, 1.807) is 0 Å². The monoisotopic (exact) mass is 350 g/mol. The van der Waals surface area contributed by atoms with Crippen LogP contribution in [0.4, 0.5) is 4.39 Å². The second kappa shape index (κ2) is 7.13. The van der Waals surface area contributed by atoms with E-state index in [0.29, 0.717) is 23.6 Å². The van der Waals surface area contributed by atoms with Gasteiger partial charge in [-0.2, -0.15) is 0 Å². The third kappa shape index (κ3) is 4.10. The van der Waals surface area contributed by atoms with Gasteiger partial charge in [0.1, 0.15) is 5.82 Å². The molecule has 1 atom stereocenters. The van der Waals surface area contributed by atoms with Crippen molar-refractivity contribution in [2.45, 2.75) is 38.3 Å². The summed E-state index contributed by atoms with van der Waals surface area (Å²) in [6.07, 6.45) is 0.668. The fourth-order valence-corrected chi connectivity index (χ4v) is 3.09. The summed E-state index contributed by atoms with van der Waals surface area (Å²) >= 11 is 12.1. The second-order valence-electron chi connectivity index (χ2n) is 6.32. The first-order valence-corrected chi connectivity index (χ1v) is 7.58. The van der Waals surface area contributed by atoms with Gasteiger partial charge >= 0.3 is 0 Å². The maximum atomic E-state index is 14.1. The van der Waals surface area contributed by atoms with Crippen molar-refractivity contribution in [1.82, 2.24) is 4.90 Å². The Bertz CT molecular complexity index is 549. The first kappa shape index (κ1) is 19.2. The fraction of sp³-hybridized carbons (Fsp3) is 0.533. The molecule has 0 aliphatic carbocycles. The molecule has 1 heterocycles. The highest BCUT2D eigenvalue weighted by Gasteiger charge is 2.42. The molecule has 1 fully saturated rings. The van der Waals surface area contributed by atoms with Gasteiger partial charge in [0.25, 0.3) is 6.47 Å². The van der Waals surface area contributed by atoms with Crippen molar-refractivity contribution < 1.29 is 14.3 Å². The van der Waals surface area contributed by atoms with E-state index < -0.39 is 5.54 Å². The SMILES string of the molecule is CC(C)(C)N1CCC(N)(c2c(F)ccc(Cl)c2Cl)C1.O=CO. The van der Waals surface area contributed by atoms with Crippen LogP contribution in [0.25, 0.3) is 0 Å². The molecular weight excluding hydrogens is 330 g/mol. The van der Waals surface area contributed by atoms with E-state index in [1.807, 2.05) is 0 Å². The largest absolute Gasteiger partial charge is 0.483 e. The van der Waals surface area contributed by atoms with Crippen LogP contribution in [0, 0.1) is 5.82 Å². The molecule has 0 saturated carbocycles. The molecule has 0 amide bonds. The smallest absolute Gasteiger partial charge is 0.290 e. The van der Waals surface area contributed by atoms with E-state index in [-0.39, 0.29) is 22.9 Å². The summed E-state index contributed by atoms with van der Waals surface area (Å²) in [5.41, 5.74) is 5.98. The Labute approximate surface area is 140 Å². The van der Waals surface area contributed by atoms with Crippen LogP contribution < -0.4 is 5.73 Å². The number of nitrogens with two attached hydrogens (primary N) is 1. The van der Waals surface area contributed by atoms with Gasteiger partial charge in [-0.25, -0.2) is 4.39 Å². The van der Waals surface area contributed by atoms with Gasteiger partial charge in [-0.05, 0) is 39.3 Å². The molecule has 1 aromatic rings. The van der Waals surface area contributed by atoms with Gasteiger partial charge < -0.3 is 10.8 Å². The van der Waals surface area contributed by atoms with Crippen LogP contribution in [0.3, 0.4) is 0 Å². The summed E-state index contributed by atoms with van der Waals surface area (Å²) in [5.74, 6) is -0.382. The molecule has 1 aromatic carbocycles. The Morgan fingerprint density at radius 2 is 1.95 bits per heavy atom. The highest BCUT2D eigenvalue weighted by atomic mass is 35.5. The predicted octanol–water partition coefficient (Wildman–Crippen LogP) is 3.49. The van der Waals surface area contributed by atoms with Gasteiger partial charge in [-0.3, -0.25) is 9.69 Å². The zero-order chi connectivity index (χ0) is 17.1. The molecule has 1 aliphatic heterocycles. The van der Waals surface area contributed by atoms with Crippen LogP contribution in [0.15, 0.2) is 12.1 Å². The fourth-order valence-electron chi connectivity index (χ4n) is 2.59. The maximum Gasteiger partial charge on any atom is 0.290 e. The molecule has 4 nitrogen and oxygen atoms in total. The topological polar surface area (TPSA) is 66.6 Å². The summed E-state index contributed by atoms with van der Waals surface area (Å²) in [7, 11) is 0. The normalized spacial score (nSPS) is 22.1. The molecule has 0 bridgehead atoms. The summed E-state index contributed by atoms with van der Waals surface area (Å²) in [6.45, 7) is 7.51. The summed E-state index contributed by atoms with van der Waals surface area (Å²) in [4.78, 5) is 10.6. The lowest BCUT2D eigenvalue weighted by Gasteiger charge is -2.34. The molecule has 7 heteroatoms. The third-order valence-electron chi connectivity index (χ3n) is 3.79. The zero-order valence-corrected chi connectivity index (χ0v) is 14.4. The molecule has 1 aliphatic rings. The van der Waals surface area contributed by atoms with Crippen LogP contribution in [0.2, 0.25) is 10.0 Å². The number of nitrogens with zero attached hydrogens (tertiary/aromatic N) is 1. The molecule has 0 spiro atoms. The second-order valence-corrected chi connectivity index (χ2v) is 7.11. The number of rotatable bonds is 1. The first-order valence-electron chi connectivity index (χ1n) is 6.82. The third-order valence-corrected chi connectivity index (χ3v) is 4.60. The minimum Gasteiger partial charge on any atom is -0.483 e. The minimum atomic E-state index is -0.778. The number of carboxylic acid groups (broad SMARTS) is 1. The summed E-state index contributed by atoms with van der Waals surface area (Å²) in [6, 6.07) is 2.79. The van der Waals surface area contributed by atoms with Gasteiger partial charge in [0.2, 0.25) is 0 Å². The van der Waals surface area contributed by atoms with Crippen molar-refractivity contribution in [2.24, 2.45) is 5.73 Å². The molecular formula is C15H21Cl2FN2O2. The molecule has 1 unspecified atom stereocenters. The van der Waals surface area contributed by atoms with E-state index >= 15 is 0 Å². The van der Waals surface area contributed by atoms with Crippen LogP contribution in [-0.2, 0) is 10.3 Å². The Morgan fingerprint density at radius 3 is 2.41 bits per heavy atom. The minimum absolute atomic E-state index is 0.00263. The molecule has 124 valence electrons. The molecule has 22 heavy (non-hydrogen) atoms. The number of hydrogen-bond acceptors (Lipinski definition) is 3. The van der Waals surface area contributed by atoms with Crippen molar-refractivity contribution in [3.63, 3.8) is 0 Å². The lowest BCUT2D eigenvalue weighted by atomic mass is 9.89. The first-order chi connectivity index (χ1) is 10.1. The summed E-state index contributed by atoms with van der Waals surface area (Å²) in [5, 5.41) is 7.47. The van der Waals surface area contributed by atoms with Crippen molar-refractivity contribution in [3.8, 4) is 0 Å². The van der Waals surface area contributed by atoms with Gasteiger partial charge in [-0.15, -0.1) is 0 Å². The molecule has 1 saturated heterocycles. The Hall–Kier alpha value is -0.880.